The number of carbonyl (C=O) groups excluding carboxylic acids is 1. The molecule has 3 aliphatic heterocycles. The first-order valence-electron chi connectivity index (χ1n) is 16.5. The molecule has 3 aliphatic rings. The lowest BCUT2D eigenvalue weighted by Gasteiger charge is -2.34. The van der Waals surface area contributed by atoms with Crippen molar-refractivity contribution in [3.05, 3.63) is 53.9 Å². The van der Waals surface area contributed by atoms with Gasteiger partial charge in [0.15, 0.2) is 0 Å². The number of thiophene rings is 1. The summed E-state index contributed by atoms with van der Waals surface area (Å²) in [4.78, 5) is 28.3. The molecule has 2 aromatic carbocycles. The van der Waals surface area contributed by atoms with Gasteiger partial charge in [-0.2, -0.15) is 20.5 Å². The van der Waals surface area contributed by atoms with E-state index in [1.54, 1.807) is 30.2 Å². The number of methoxy groups -OCH3 is 1. The number of nitrogens with two attached hydrogens (primary N) is 1. The number of benzene rings is 2. The summed E-state index contributed by atoms with van der Waals surface area (Å²) in [5.41, 5.74) is 7.20. The van der Waals surface area contributed by atoms with E-state index in [-0.39, 0.29) is 58.0 Å². The van der Waals surface area contributed by atoms with Crippen LogP contribution in [0.4, 0.5) is 19.6 Å². The van der Waals surface area contributed by atoms with Crippen LogP contribution in [-0.2, 0) is 9.53 Å². The Balaban J connectivity index is 1.39. The molecule has 0 bridgehead atoms. The van der Waals surface area contributed by atoms with Gasteiger partial charge in [0.05, 0.1) is 45.6 Å². The fourth-order valence-electron chi connectivity index (χ4n) is 8.21. The summed E-state index contributed by atoms with van der Waals surface area (Å²) in [5.74, 6) is -0.239. The van der Waals surface area contributed by atoms with Gasteiger partial charge in [-0.05, 0) is 49.6 Å². The fourth-order valence-corrected chi connectivity index (χ4v) is 9.16. The van der Waals surface area contributed by atoms with Crippen molar-refractivity contribution < 1.29 is 23.0 Å². The van der Waals surface area contributed by atoms with Gasteiger partial charge in [-0.25, -0.2) is 8.78 Å². The summed E-state index contributed by atoms with van der Waals surface area (Å²) in [6, 6.07) is 10.3. The molecule has 3 fully saturated rings. The maximum absolute atomic E-state index is 15.0. The Bertz CT molecular complexity index is 2110. The first-order valence-corrected chi connectivity index (χ1v) is 17.3. The Morgan fingerprint density at radius 3 is 2.74 bits per heavy atom. The minimum Gasteiger partial charge on any atom is -0.461 e. The molecule has 0 radical (unpaired) electrons. The molecule has 2 N–H and O–H groups in total. The molecular weight excluding hydrogens is 663 g/mol. The van der Waals surface area contributed by atoms with Gasteiger partial charge in [0.2, 0.25) is 5.91 Å². The zero-order valence-electron chi connectivity index (χ0n) is 27.8. The number of likely N-dealkylation sites (tertiary alicyclic amines) is 1. The molecule has 50 heavy (non-hydrogen) atoms. The summed E-state index contributed by atoms with van der Waals surface area (Å²) in [5, 5.41) is 21.7. The van der Waals surface area contributed by atoms with Gasteiger partial charge in [0, 0.05) is 50.0 Å². The second-order valence-corrected chi connectivity index (χ2v) is 14.2. The molecule has 7 rings (SSSR count). The highest BCUT2D eigenvalue weighted by molar-refractivity contribution is 7.23. The molecule has 0 aliphatic carbocycles. The predicted octanol–water partition coefficient (Wildman–Crippen LogP) is 5.17. The number of halogens is 2. The molecule has 14 heteroatoms. The SMILES string of the molecule is C=CC(=O)N1CCC(N(C)c2nc(OCC34CCCN3CC(F)C4)nc3c(C#N)c(-c4ccc(F)c5sc(N)c(C#N)c45)ccc23)C1COC. The van der Waals surface area contributed by atoms with Crippen molar-refractivity contribution in [1.29, 1.82) is 10.5 Å². The number of amides is 1. The average molecular weight is 699 g/mol. The Labute approximate surface area is 292 Å². The van der Waals surface area contributed by atoms with E-state index in [4.69, 9.17) is 25.2 Å². The normalized spacial score (nSPS) is 23.2. The van der Waals surface area contributed by atoms with Crippen LogP contribution in [0.15, 0.2) is 36.9 Å². The molecule has 0 spiro atoms. The van der Waals surface area contributed by atoms with E-state index in [0.29, 0.717) is 59.2 Å². The zero-order valence-corrected chi connectivity index (χ0v) is 28.6. The van der Waals surface area contributed by atoms with Crippen molar-refractivity contribution in [2.24, 2.45) is 0 Å². The molecular formula is C36H36F2N8O3S. The monoisotopic (exact) mass is 698 g/mol. The van der Waals surface area contributed by atoms with Crippen molar-refractivity contribution in [3.63, 3.8) is 0 Å². The van der Waals surface area contributed by atoms with Crippen LogP contribution < -0.4 is 15.4 Å². The third kappa shape index (κ3) is 5.39. The standard InChI is InChI=1S/C36H36F2N8O3S/c1-4-29(47)46-13-10-27(28(46)18-48-3)44(2)34-23-7-6-21(22-8-9-26(38)32-30(22)25(16-40)33(41)50-32)24(15-39)31(23)42-35(43-34)49-19-36-11-5-12-45(36)17-20(37)14-36/h4,6-9,20,27-28H,1,5,10-14,17-19,41H2,2-3H3. The fraction of sp³-hybridized carbons (Fsp3) is 0.417. The Hall–Kier alpha value is -4.89. The van der Waals surface area contributed by atoms with Crippen molar-refractivity contribution in [2.45, 2.75) is 49.5 Å². The minimum absolute atomic E-state index is 0.0265. The highest BCUT2D eigenvalue weighted by Gasteiger charge is 2.49. The number of nitriles is 2. The molecule has 3 saturated heterocycles. The number of nitrogen functional groups attached to an aromatic ring is 1. The lowest BCUT2D eigenvalue weighted by Crippen LogP contribution is -2.48. The number of rotatable bonds is 9. The Morgan fingerprint density at radius 1 is 1.22 bits per heavy atom. The van der Waals surface area contributed by atoms with Crippen molar-refractivity contribution in [3.8, 4) is 29.3 Å². The number of alkyl halides is 1. The van der Waals surface area contributed by atoms with E-state index < -0.39 is 17.5 Å². The van der Waals surface area contributed by atoms with Gasteiger partial charge in [-0.15, -0.1) is 11.3 Å². The zero-order chi connectivity index (χ0) is 35.3. The van der Waals surface area contributed by atoms with Crippen molar-refractivity contribution in [2.75, 3.05) is 57.6 Å². The van der Waals surface area contributed by atoms with Gasteiger partial charge in [0.1, 0.15) is 41.6 Å². The van der Waals surface area contributed by atoms with E-state index in [1.165, 1.54) is 12.1 Å². The summed E-state index contributed by atoms with van der Waals surface area (Å²) >= 11 is 0.982. The summed E-state index contributed by atoms with van der Waals surface area (Å²) in [7, 11) is 3.46. The number of hydrogen-bond acceptors (Lipinski definition) is 11. The smallest absolute Gasteiger partial charge is 0.319 e. The molecule has 2 aromatic heterocycles. The number of likely N-dealkylation sites (N-methyl/N-ethyl adjacent to an activating group) is 1. The molecule has 4 aromatic rings. The summed E-state index contributed by atoms with van der Waals surface area (Å²) in [6.07, 6.45) is 3.07. The van der Waals surface area contributed by atoms with Crippen molar-refractivity contribution in [1.82, 2.24) is 19.8 Å². The molecule has 5 heterocycles. The van der Waals surface area contributed by atoms with E-state index in [9.17, 15) is 24.1 Å². The number of fused-ring (bicyclic) bond motifs is 3. The Kier molecular flexibility index (Phi) is 8.80. The van der Waals surface area contributed by atoms with Crippen LogP contribution in [0.3, 0.4) is 0 Å². The first kappa shape index (κ1) is 33.6. The van der Waals surface area contributed by atoms with Crippen LogP contribution in [-0.4, -0.2) is 96.5 Å². The van der Waals surface area contributed by atoms with Crippen LogP contribution in [0.1, 0.15) is 36.8 Å². The second kappa shape index (κ2) is 13.1. The first-order chi connectivity index (χ1) is 24.1. The van der Waals surface area contributed by atoms with Gasteiger partial charge >= 0.3 is 6.01 Å². The lowest BCUT2D eigenvalue weighted by atomic mass is 9.93. The van der Waals surface area contributed by atoms with E-state index in [1.807, 2.05) is 11.9 Å². The van der Waals surface area contributed by atoms with Gasteiger partial charge < -0.3 is 25.0 Å². The number of aromatic nitrogens is 2. The Morgan fingerprint density at radius 2 is 2.00 bits per heavy atom. The largest absolute Gasteiger partial charge is 0.461 e. The number of carbonyl (C=O) groups is 1. The minimum atomic E-state index is -0.941. The third-order valence-corrected chi connectivity index (χ3v) is 11.6. The van der Waals surface area contributed by atoms with E-state index >= 15 is 0 Å². The number of nitrogens with zero attached hydrogens (tertiary/aromatic N) is 7. The topological polar surface area (TPSA) is 145 Å². The summed E-state index contributed by atoms with van der Waals surface area (Å²) in [6.45, 7) is 5.77. The van der Waals surface area contributed by atoms with Gasteiger partial charge in [-0.3, -0.25) is 9.69 Å². The van der Waals surface area contributed by atoms with Crippen LogP contribution in [0.2, 0.25) is 0 Å². The second-order valence-electron chi connectivity index (χ2n) is 13.2. The maximum atomic E-state index is 15.0. The third-order valence-electron chi connectivity index (χ3n) is 10.5. The molecule has 258 valence electrons. The predicted molar refractivity (Wildman–Crippen MR) is 187 cm³/mol. The summed E-state index contributed by atoms with van der Waals surface area (Å²) < 4.78 is 41.7. The quantitative estimate of drug-likeness (QED) is 0.233. The van der Waals surface area contributed by atoms with Crippen LogP contribution in [0.5, 0.6) is 6.01 Å². The lowest BCUT2D eigenvalue weighted by molar-refractivity contribution is -0.127. The highest BCUT2D eigenvalue weighted by atomic mass is 32.1. The van der Waals surface area contributed by atoms with E-state index in [0.717, 1.165) is 30.7 Å². The van der Waals surface area contributed by atoms with Crippen LogP contribution in [0, 0.1) is 28.5 Å². The van der Waals surface area contributed by atoms with Crippen LogP contribution in [0.25, 0.3) is 32.1 Å². The highest BCUT2D eigenvalue weighted by Crippen LogP contribution is 2.44. The molecule has 4 atom stereocenters. The molecule has 1 amide bonds. The maximum Gasteiger partial charge on any atom is 0.319 e. The number of anilines is 2. The van der Waals surface area contributed by atoms with Crippen molar-refractivity contribution >= 4 is 49.1 Å². The molecule has 0 saturated carbocycles. The number of hydrogen-bond donors (Lipinski definition) is 1. The number of ether oxygens (including phenoxy) is 2. The molecule has 4 unspecified atom stereocenters. The average Bonchev–Trinajstić information content (AvgIpc) is 3.87. The van der Waals surface area contributed by atoms with E-state index in [2.05, 4.69) is 23.6 Å². The van der Waals surface area contributed by atoms with Gasteiger partial charge in [0.25, 0.3) is 0 Å². The van der Waals surface area contributed by atoms with Crippen LogP contribution >= 0.6 is 11.3 Å². The molecule has 11 nitrogen and oxygen atoms in total. The van der Waals surface area contributed by atoms with Gasteiger partial charge in [-0.1, -0.05) is 18.7 Å².